The van der Waals surface area contributed by atoms with Crippen LogP contribution in [0.25, 0.3) is 17.9 Å². The number of hydrogen-bond donors (Lipinski definition) is 6. The zero-order valence-corrected chi connectivity index (χ0v) is 20.1. The number of benzene rings is 2. The van der Waals surface area contributed by atoms with Gasteiger partial charge in [-0.15, -0.1) is 0 Å². The van der Waals surface area contributed by atoms with E-state index in [-0.39, 0.29) is 16.9 Å². The minimum Gasteiger partial charge on any atom is -0.508 e. The number of nitrogens with two attached hydrogens (primary N) is 1. The van der Waals surface area contributed by atoms with Crippen LogP contribution in [0.15, 0.2) is 53.3 Å². The van der Waals surface area contributed by atoms with Crippen molar-refractivity contribution in [2.75, 3.05) is 0 Å². The molecule has 0 heterocycles. The Morgan fingerprint density at radius 3 is 2.37 bits per heavy atom. The maximum atomic E-state index is 13.7. The molecule has 3 aliphatic carbocycles. The van der Waals surface area contributed by atoms with E-state index in [2.05, 4.69) is 0 Å². The summed E-state index contributed by atoms with van der Waals surface area (Å²) in [6, 6.07) is 8.80. The van der Waals surface area contributed by atoms with Gasteiger partial charge in [-0.2, -0.15) is 0 Å². The number of primary amides is 1. The van der Waals surface area contributed by atoms with Crippen molar-refractivity contribution in [3.8, 4) is 5.75 Å². The van der Waals surface area contributed by atoms with Gasteiger partial charge in [0.1, 0.15) is 28.7 Å². The molecule has 1 fully saturated rings. The second-order valence-corrected chi connectivity index (χ2v) is 9.84. The number of halogens is 1. The van der Waals surface area contributed by atoms with E-state index in [0.29, 0.717) is 11.1 Å². The molecule has 0 spiro atoms. The van der Waals surface area contributed by atoms with Crippen molar-refractivity contribution >= 4 is 35.4 Å². The quantitative estimate of drug-likeness (QED) is 0.263. The van der Waals surface area contributed by atoms with Crippen LogP contribution in [0.4, 0.5) is 4.39 Å². The Hall–Kier alpha value is -4.28. The minimum atomic E-state index is -2.88. The van der Waals surface area contributed by atoms with E-state index in [1.165, 1.54) is 30.3 Å². The normalized spacial score (nSPS) is 28.8. The number of carbonyl (C=O) groups excluding carboxylic acids is 3. The molecule has 0 aliphatic heterocycles. The van der Waals surface area contributed by atoms with Crippen LogP contribution in [0.5, 0.6) is 5.75 Å². The van der Waals surface area contributed by atoms with Gasteiger partial charge in [0, 0.05) is 29.4 Å². The summed E-state index contributed by atoms with van der Waals surface area (Å²) in [5.41, 5.74) is 2.11. The Kier molecular flexibility index (Phi) is 5.77. The van der Waals surface area contributed by atoms with Crippen LogP contribution in [0.1, 0.15) is 41.5 Å². The molecule has 2 aromatic rings. The van der Waals surface area contributed by atoms with Crippen LogP contribution in [-0.4, -0.2) is 54.7 Å². The van der Waals surface area contributed by atoms with Gasteiger partial charge in [-0.05, 0) is 29.2 Å². The molecule has 0 aromatic heterocycles. The summed E-state index contributed by atoms with van der Waals surface area (Å²) in [5.74, 6) is -9.50. The zero-order chi connectivity index (χ0) is 27.7. The first-order valence-corrected chi connectivity index (χ1v) is 11.8. The van der Waals surface area contributed by atoms with Gasteiger partial charge in [0.2, 0.25) is 5.78 Å². The van der Waals surface area contributed by atoms with Crippen molar-refractivity contribution in [3.05, 3.63) is 81.4 Å². The van der Waals surface area contributed by atoms with Gasteiger partial charge in [-0.1, -0.05) is 43.3 Å². The lowest BCUT2D eigenvalue weighted by atomic mass is 9.55. The number of aliphatic hydroxyl groups is 4. The highest BCUT2D eigenvalue weighted by Gasteiger charge is 2.64. The maximum Gasteiger partial charge on any atom is 0.255 e. The van der Waals surface area contributed by atoms with Gasteiger partial charge >= 0.3 is 0 Å². The Balaban J connectivity index is 1.66. The number of Topliss-reactive ketones (excluding diaryl/α,β-unsaturated/α-hetero) is 2. The van der Waals surface area contributed by atoms with E-state index in [1.807, 2.05) is 0 Å². The molecule has 196 valence electrons. The molecule has 7 N–H and O–H groups in total. The first-order valence-electron chi connectivity index (χ1n) is 11.8. The van der Waals surface area contributed by atoms with Crippen molar-refractivity contribution in [3.63, 3.8) is 0 Å². The Morgan fingerprint density at radius 1 is 1.08 bits per heavy atom. The molecule has 5 unspecified atom stereocenters. The molecule has 0 radical (unpaired) electrons. The first kappa shape index (κ1) is 25.4. The largest absolute Gasteiger partial charge is 0.508 e. The number of hydrogen-bond acceptors (Lipinski definition) is 8. The monoisotopic (exact) mass is 521 g/mol. The van der Waals surface area contributed by atoms with E-state index in [4.69, 9.17) is 5.73 Å². The molecule has 5 rings (SSSR count). The van der Waals surface area contributed by atoms with Crippen LogP contribution in [0.3, 0.4) is 0 Å². The topological polar surface area (TPSA) is 178 Å². The van der Waals surface area contributed by atoms with Crippen LogP contribution >= 0.6 is 0 Å². The maximum absolute atomic E-state index is 13.7. The smallest absolute Gasteiger partial charge is 0.255 e. The van der Waals surface area contributed by atoms with Gasteiger partial charge in [-0.25, -0.2) is 4.39 Å². The van der Waals surface area contributed by atoms with Gasteiger partial charge in [-0.3, -0.25) is 14.4 Å². The standard InChI is InChI=1S/C28H24FNO8/c1-11-15-9-6-13(5-2-12-3-7-14(29)8-4-12)22(32)19(15)24(34)21-18(11)23(33)16-10-17(31)20(27(30)37)25(35)28(16,38)26(21)36/h2-9,11,16,18,23,32-35,38H,10H2,1H3,(H2,30,37)/b5-2+. The average molecular weight is 521 g/mol. The van der Waals surface area contributed by atoms with Crippen LogP contribution in [0, 0.1) is 17.7 Å². The molecular weight excluding hydrogens is 497 g/mol. The fraction of sp³-hybridized carbons (Fsp3) is 0.250. The fourth-order valence-electron chi connectivity index (χ4n) is 5.91. The number of fused-ring (bicyclic) bond motifs is 3. The summed E-state index contributed by atoms with van der Waals surface area (Å²) in [4.78, 5) is 38.0. The van der Waals surface area contributed by atoms with Crippen molar-refractivity contribution in [1.82, 2.24) is 0 Å². The van der Waals surface area contributed by atoms with E-state index in [9.17, 15) is 44.3 Å². The molecule has 3 aliphatic rings. The predicted molar refractivity (Wildman–Crippen MR) is 133 cm³/mol. The third-order valence-corrected chi connectivity index (χ3v) is 7.86. The lowest BCUT2D eigenvalue weighted by molar-refractivity contribution is -0.160. The molecule has 1 amide bonds. The second-order valence-electron chi connectivity index (χ2n) is 9.84. The van der Waals surface area contributed by atoms with Crippen molar-refractivity contribution in [2.45, 2.75) is 31.0 Å². The number of aliphatic hydroxyl groups excluding tert-OH is 3. The number of ketones is 2. The predicted octanol–water partition coefficient (Wildman–Crippen LogP) is 2.27. The molecule has 9 nitrogen and oxygen atoms in total. The van der Waals surface area contributed by atoms with Gasteiger partial charge in [0.15, 0.2) is 11.4 Å². The average Bonchev–Trinajstić information content (AvgIpc) is 2.86. The molecule has 10 heteroatoms. The second kappa shape index (κ2) is 8.64. The molecular formula is C28H24FNO8. The summed E-state index contributed by atoms with van der Waals surface area (Å²) in [6.07, 6.45) is 0.919. The summed E-state index contributed by atoms with van der Waals surface area (Å²) in [5, 5.41) is 55.6. The molecule has 1 saturated carbocycles. The number of carbonyl (C=O) groups is 3. The lowest BCUT2D eigenvalue weighted by Crippen LogP contribution is -2.63. The van der Waals surface area contributed by atoms with Crippen LogP contribution in [0.2, 0.25) is 0 Å². The van der Waals surface area contributed by atoms with Crippen molar-refractivity contribution in [1.29, 1.82) is 0 Å². The highest BCUT2D eigenvalue weighted by atomic mass is 19.1. The lowest BCUT2D eigenvalue weighted by Gasteiger charge is -2.50. The molecule has 2 aromatic carbocycles. The zero-order valence-electron chi connectivity index (χ0n) is 20.1. The van der Waals surface area contributed by atoms with Crippen molar-refractivity contribution < 1.29 is 44.3 Å². The van der Waals surface area contributed by atoms with Gasteiger partial charge in [0.05, 0.1) is 11.7 Å². The van der Waals surface area contributed by atoms with Crippen LogP contribution in [-0.2, 0) is 14.4 Å². The van der Waals surface area contributed by atoms with Crippen LogP contribution < -0.4 is 5.73 Å². The third-order valence-electron chi connectivity index (χ3n) is 7.86. The number of aromatic hydroxyl groups is 1. The molecule has 38 heavy (non-hydrogen) atoms. The van der Waals surface area contributed by atoms with E-state index >= 15 is 0 Å². The Bertz CT molecular complexity index is 1510. The SMILES string of the molecule is CC1c2ccc(/C=C/c3ccc(F)cc3)c(O)c2C(O)=C2C(=O)C3(O)C(O)=C(C(N)=O)C(=O)CC3C(O)C21. The van der Waals surface area contributed by atoms with Crippen molar-refractivity contribution in [2.24, 2.45) is 17.6 Å². The number of phenols is 1. The fourth-order valence-corrected chi connectivity index (χ4v) is 5.91. The van der Waals surface area contributed by atoms with E-state index in [0.717, 1.165) is 0 Å². The summed E-state index contributed by atoms with van der Waals surface area (Å²) in [7, 11) is 0. The minimum absolute atomic E-state index is 0.0990. The molecule has 0 bridgehead atoms. The van der Waals surface area contributed by atoms with Gasteiger partial charge in [0.25, 0.3) is 5.91 Å². The van der Waals surface area contributed by atoms with E-state index < -0.39 is 81.8 Å². The number of phenolic OH excluding ortho intramolecular Hbond substituents is 1. The molecule has 5 atom stereocenters. The number of amides is 1. The molecule has 0 saturated heterocycles. The summed E-state index contributed by atoms with van der Waals surface area (Å²) >= 11 is 0. The summed E-state index contributed by atoms with van der Waals surface area (Å²) in [6.45, 7) is 1.65. The number of rotatable bonds is 3. The highest BCUT2D eigenvalue weighted by molar-refractivity contribution is 6.23. The Labute approximate surface area is 215 Å². The van der Waals surface area contributed by atoms with E-state index in [1.54, 1.807) is 25.1 Å². The Morgan fingerprint density at radius 2 is 1.74 bits per heavy atom. The highest BCUT2D eigenvalue weighted by Crippen LogP contribution is 2.55. The van der Waals surface area contributed by atoms with Gasteiger partial charge < -0.3 is 31.3 Å². The summed E-state index contributed by atoms with van der Waals surface area (Å²) < 4.78 is 13.2. The third kappa shape index (κ3) is 3.41. The first-order chi connectivity index (χ1) is 17.9.